The van der Waals surface area contributed by atoms with Gasteiger partial charge in [0.2, 0.25) is 0 Å². The van der Waals surface area contributed by atoms with E-state index in [0.717, 1.165) is 0 Å². The molecule has 0 saturated heterocycles. The molecule has 146 valence electrons. The van der Waals surface area contributed by atoms with Gasteiger partial charge in [-0.2, -0.15) is 0 Å². The van der Waals surface area contributed by atoms with Crippen LogP contribution in [0.2, 0.25) is 10.0 Å². The molecule has 0 atom stereocenters. The zero-order valence-electron chi connectivity index (χ0n) is 14.1. The molecule has 0 amide bonds. The van der Waals surface area contributed by atoms with Crippen LogP contribution in [0.5, 0.6) is 0 Å². The smallest absolute Gasteiger partial charge is 0.261 e. The van der Waals surface area contributed by atoms with E-state index < -0.39 is 20.0 Å². The van der Waals surface area contributed by atoms with Gasteiger partial charge < -0.3 is 0 Å². The summed E-state index contributed by atoms with van der Waals surface area (Å²) in [6, 6.07) is 17.3. The number of sulfonamides is 2. The summed E-state index contributed by atoms with van der Waals surface area (Å²) in [5.41, 5.74) is 0.400. The predicted octanol–water partition coefficient (Wildman–Crippen LogP) is 4.60. The molecule has 0 radical (unpaired) electrons. The van der Waals surface area contributed by atoms with E-state index in [1.807, 2.05) is 0 Å². The molecule has 0 aromatic heterocycles. The summed E-state index contributed by atoms with van der Waals surface area (Å²) in [4.78, 5) is 0.0631. The van der Waals surface area contributed by atoms with Crippen molar-refractivity contribution in [1.29, 1.82) is 0 Å². The second kappa shape index (κ2) is 8.00. The van der Waals surface area contributed by atoms with E-state index in [-0.39, 0.29) is 21.2 Å². The van der Waals surface area contributed by atoms with Gasteiger partial charge in [-0.3, -0.25) is 9.44 Å². The topological polar surface area (TPSA) is 92.3 Å². The fourth-order valence-electron chi connectivity index (χ4n) is 2.30. The Hall–Kier alpha value is -2.26. The average molecular weight is 457 g/mol. The largest absolute Gasteiger partial charge is 0.280 e. The van der Waals surface area contributed by atoms with Gasteiger partial charge in [-0.05, 0) is 66.7 Å². The molecule has 2 N–H and O–H groups in total. The van der Waals surface area contributed by atoms with E-state index in [0.29, 0.717) is 10.0 Å². The van der Waals surface area contributed by atoms with Crippen LogP contribution in [-0.2, 0) is 20.0 Å². The van der Waals surface area contributed by atoms with Crippen molar-refractivity contribution in [2.75, 3.05) is 9.44 Å². The molecule has 0 spiro atoms. The van der Waals surface area contributed by atoms with Gasteiger partial charge in [0, 0.05) is 10.0 Å². The fourth-order valence-corrected chi connectivity index (χ4v) is 4.65. The monoisotopic (exact) mass is 456 g/mol. The third kappa shape index (κ3) is 4.96. The molecular weight excluding hydrogens is 443 g/mol. The minimum atomic E-state index is -3.85. The third-order valence-electron chi connectivity index (χ3n) is 3.61. The van der Waals surface area contributed by atoms with Gasteiger partial charge in [0.25, 0.3) is 20.0 Å². The van der Waals surface area contributed by atoms with Crippen LogP contribution in [0, 0.1) is 0 Å². The lowest BCUT2D eigenvalue weighted by atomic mass is 10.3. The van der Waals surface area contributed by atoms with Crippen LogP contribution in [0.4, 0.5) is 11.4 Å². The zero-order chi connectivity index (χ0) is 20.4. The Labute approximate surface area is 173 Å². The number of halogens is 2. The first-order chi connectivity index (χ1) is 13.2. The SMILES string of the molecule is O=S(=O)(Nc1cccc(NS(=O)(=O)c2ccc(Cl)cc2)c1)c1ccc(Cl)cc1. The van der Waals surface area contributed by atoms with Crippen molar-refractivity contribution in [2.24, 2.45) is 0 Å². The van der Waals surface area contributed by atoms with E-state index in [4.69, 9.17) is 23.2 Å². The molecule has 0 unspecified atom stereocenters. The van der Waals surface area contributed by atoms with Gasteiger partial charge in [0.1, 0.15) is 0 Å². The Morgan fingerprint density at radius 3 is 1.29 bits per heavy atom. The molecule has 0 heterocycles. The molecule has 0 aliphatic heterocycles. The number of benzene rings is 3. The van der Waals surface area contributed by atoms with Crippen LogP contribution in [0.3, 0.4) is 0 Å². The number of hydrogen-bond donors (Lipinski definition) is 2. The van der Waals surface area contributed by atoms with Crippen LogP contribution in [0.25, 0.3) is 0 Å². The Morgan fingerprint density at radius 2 is 0.929 bits per heavy atom. The van der Waals surface area contributed by atoms with Crippen LogP contribution < -0.4 is 9.44 Å². The summed E-state index contributed by atoms with van der Waals surface area (Å²) in [6.07, 6.45) is 0. The Morgan fingerprint density at radius 1 is 0.571 bits per heavy atom. The quantitative estimate of drug-likeness (QED) is 0.566. The molecule has 0 bridgehead atoms. The van der Waals surface area contributed by atoms with Crippen LogP contribution in [0.15, 0.2) is 82.6 Å². The van der Waals surface area contributed by atoms with Gasteiger partial charge in [0.15, 0.2) is 0 Å². The molecule has 3 rings (SSSR count). The highest BCUT2D eigenvalue weighted by Gasteiger charge is 2.16. The lowest BCUT2D eigenvalue weighted by Crippen LogP contribution is -2.14. The summed E-state index contributed by atoms with van der Waals surface area (Å²) in [6.45, 7) is 0. The molecule has 10 heteroatoms. The summed E-state index contributed by atoms with van der Waals surface area (Å²) in [7, 11) is -7.70. The normalized spacial score (nSPS) is 11.8. The highest BCUT2D eigenvalue weighted by molar-refractivity contribution is 7.93. The van der Waals surface area contributed by atoms with Gasteiger partial charge in [0.05, 0.1) is 21.2 Å². The Balaban J connectivity index is 1.82. The average Bonchev–Trinajstić information content (AvgIpc) is 2.62. The van der Waals surface area contributed by atoms with E-state index in [1.165, 1.54) is 72.8 Å². The van der Waals surface area contributed by atoms with Crippen LogP contribution >= 0.6 is 23.2 Å². The minimum Gasteiger partial charge on any atom is -0.280 e. The molecule has 3 aromatic carbocycles. The molecular formula is C18H14Cl2N2O4S2. The summed E-state index contributed by atoms with van der Waals surface area (Å²) in [5, 5.41) is 0.829. The van der Waals surface area contributed by atoms with Gasteiger partial charge >= 0.3 is 0 Å². The molecule has 6 nitrogen and oxygen atoms in total. The first kappa shape index (κ1) is 20.5. The van der Waals surface area contributed by atoms with E-state index in [2.05, 4.69) is 9.44 Å². The molecule has 3 aromatic rings. The number of nitrogens with one attached hydrogen (secondary N) is 2. The lowest BCUT2D eigenvalue weighted by Gasteiger charge is -2.11. The molecule has 0 aliphatic rings. The molecule has 0 fully saturated rings. The predicted molar refractivity (Wildman–Crippen MR) is 111 cm³/mol. The van der Waals surface area contributed by atoms with Gasteiger partial charge in [-0.1, -0.05) is 29.3 Å². The summed E-state index contributed by atoms with van der Waals surface area (Å²) >= 11 is 11.6. The highest BCUT2D eigenvalue weighted by atomic mass is 35.5. The van der Waals surface area contributed by atoms with Crippen LogP contribution in [0.1, 0.15) is 0 Å². The first-order valence-electron chi connectivity index (χ1n) is 7.83. The Bertz CT molecular complexity index is 1100. The highest BCUT2D eigenvalue weighted by Crippen LogP contribution is 2.23. The van der Waals surface area contributed by atoms with E-state index >= 15 is 0 Å². The molecule has 0 saturated carbocycles. The third-order valence-corrected chi connectivity index (χ3v) is 6.91. The van der Waals surface area contributed by atoms with E-state index in [1.54, 1.807) is 0 Å². The molecule has 28 heavy (non-hydrogen) atoms. The number of anilines is 2. The maximum absolute atomic E-state index is 12.5. The standard InChI is InChI=1S/C18H14Cl2N2O4S2/c19-13-4-8-17(9-5-13)27(23,24)21-15-2-1-3-16(12-15)22-28(25,26)18-10-6-14(20)7-11-18/h1-12,21-22H. The van der Waals surface area contributed by atoms with Crippen molar-refractivity contribution in [3.63, 3.8) is 0 Å². The van der Waals surface area contributed by atoms with Gasteiger partial charge in [-0.25, -0.2) is 16.8 Å². The van der Waals surface area contributed by atoms with Crippen molar-refractivity contribution in [2.45, 2.75) is 9.79 Å². The van der Waals surface area contributed by atoms with Crippen molar-refractivity contribution in [1.82, 2.24) is 0 Å². The lowest BCUT2D eigenvalue weighted by molar-refractivity contribution is 0.599. The maximum Gasteiger partial charge on any atom is 0.261 e. The van der Waals surface area contributed by atoms with Gasteiger partial charge in [-0.15, -0.1) is 0 Å². The Kier molecular flexibility index (Phi) is 5.85. The number of rotatable bonds is 6. The maximum atomic E-state index is 12.5. The van der Waals surface area contributed by atoms with Crippen molar-refractivity contribution >= 4 is 54.6 Å². The summed E-state index contributed by atoms with van der Waals surface area (Å²) < 4.78 is 54.6. The molecule has 0 aliphatic carbocycles. The minimum absolute atomic E-state index is 0.0315. The van der Waals surface area contributed by atoms with Crippen molar-refractivity contribution in [3.8, 4) is 0 Å². The number of hydrogen-bond acceptors (Lipinski definition) is 4. The second-order valence-electron chi connectivity index (χ2n) is 5.70. The second-order valence-corrected chi connectivity index (χ2v) is 9.94. The summed E-state index contributed by atoms with van der Waals surface area (Å²) in [5.74, 6) is 0. The van der Waals surface area contributed by atoms with Crippen molar-refractivity contribution in [3.05, 3.63) is 82.8 Å². The van der Waals surface area contributed by atoms with Crippen molar-refractivity contribution < 1.29 is 16.8 Å². The fraction of sp³-hybridized carbons (Fsp3) is 0. The zero-order valence-corrected chi connectivity index (χ0v) is 17.3. The van der Waals surface area contributed by atoms with E-state index in [9.17, 15) is 16.8 Å². The van der Waals surface area contributed by atoms with Crippen LogP contribution in [-0.4, -0.2) is 16.8 Å². The first-order valence-corrected chi connectivity index (χ1v) is 11.5.